The molecule has 0 aliphatic carbocycles. The summed E-state index contributed by atoms with van der Waals surface area (Å²) in [7, 11) is 1.68. The van der Waals surface area contributed by atoms with Crippen molar-refractivity contribution in [2.45, 2.75) is 32.0 Å². The van der Waals surface area contributed by atoms with Gasteiger partial charge in [0.1, 0.15) is 5.82 Å². The van der Waals surface area contributed by atoms with Gasteiger partial charge in [-0.05, 0) is 24.1 Å². The van der Waals surface area contributed by atoms with Gasteiger partial charge in [-0.3, -0.25) is 14.4 Å². The van der Waals surface area contributed by atoms with E-state index < -0.39 is 5.82 Å². The van der Waals surface area contributed by atoms with Gasteiger partial charge in [0, 0.05) is 39.4 Å². The normalized spacial score (nSPS) is 20.5. The van der Waals surface area contributed by atoms with Crippen molar-refractivity contribution in [3.8, 4) is 0 Å². The number of halogens is 2. The Bertz CT molecular complexity index is 782. The number of carbonyl (C=O) groups excluding carboxylic acids is 1. The number of methoxy groups -OCH3 is 1. The van der Waals surface area contributed by atoms with Crippen LogP contribution in [0.25, 0.3) is 0 Å². The molecule has 1 fully saturated rings. The van der Waals surface area contributed by atoms with Crippen molar-refractivity contribution in [2.24, 2.45) is 0 Å². The van der Waals surface area contributed by atoms with Gasteiger partial charge in [0.25, 0.3) is 0 Å². The topological polar surface area (TPSA) is 59.4 Å². The molecule has 0 radical (unpaired) electrons. The Morgan fingerprint density at radius 2 is 2.31 bits per heavy atom. The molecule has 2 atom stereocenters. The molecule has 140 valence electrons. The zero-order valence-corrected chi connectivity index (χ0v) is 15.5. The molecular weight excluding hydrogens is 359 g/mol. The molecule has 1 aromatic heterocycles. The molecule has 6 nitrogen and oxygen atoms in total. The van der Waals surface area contributed by atoms with Crippen molar-refractivity contribution in [3.05, 3.63) is 47.0 Å². The number of benzene rings is 1. The van der Waals surface area contributed by atoms with Crippen molar-refractivity contribution < 1.29 is 13.9 Å². The quantitative estimate of drug-likeness (QED) is 0.836. The number of nitrogens with zero attached hydrogens (tertiary/aromatic N) is 3. The van der Waals surface area contributed by atoms with Crippen LogP contribution in [0, 0.1) is 5.82 Å². The maximum atomic E-state index is 13.4. The summed E-state index contributed by atoms with van der Waals surface area (Å²) < 4.78 is 20.6. The molecule has 0 saturated carbocycles. The van der Waals surface area contributed by atoms with Crippen molar-refractivity contribution in [1.82, 2.24) is 14.7 Å². The summed E-state index contributed by atoms with van der Waals surface area (Å²) in [6.07, 6.45) is 4.37. The highest BCUT2D eigenvalue weighted by molar-refractivity contribution is 6.30. The van der Waals surface area contributed by atoms with Gasteiger partial charge in [0.05, 0.1) is 29.6 Å². The molecule has 0 bridgehead atoms. The monoisotopic (exact) mass is 380 g/mol. The molecule has 1 aliphatic rings. The largest absolute Gasteiger partial charge is 0.383 e. The predicted octanol–water partition coefficient (Wildman–Crippen LogP) is 3.10. The molecule has 2 aromatic rings. The first kappa shape index (κ1) is 18.8. The minimum Gasteiger partial charge on any atom is -0.383 e. The minimum absolute atomic E-state index is 0.122. The summed E-state index contributed by atoms with van der Waals surface area (Å²) >= 11 is 5.90. The third-order valence-corrected chi connectivity index (χ3v) is 4.82. The zero-order valence-electron chi connectivity index (χ0n) is 14.8. The first-order valence-electron chi connectivity index (χ1n) is 8.45. The third-order valence-electron chi connectivity index (χ3n) is 4.53. The maximum Gasteiger partial charge on any atom is 0.221 e. The van der Waals surface area contributed by atoms with Crippen molar-refractivity contribution in [1.29, 1.82) is 0 Å². The lowest BCUT2D eigenvalue weighted by Gasteiger charge is -2.23. The molecule has 1 saturated heterocycles. The summed E-state index contributed by atoms with van der Waals surface area (Å²) in [6.45, 7) is 3.51. The molecule has 1 aromatic carbocycles. The van der Waals surface area contributed by atoms with Gasteiger partial charge in [-0.2, -0.15) is 5.10 Å². The van der Waals surface area contributed by atoms with E-state index in [1.165, 1.54) is 13.0 Å². The molecule has 1 amide bonds. The fourth-order valence-electron chi connectivity index (χ4n) is 3.39. The number of hydrogen-bond acceptors (Lipinski definition) is 4. The van der Waals surface area contributed by atoms with Gasteiger partial charge in [0.2, 0.25) is 5.91 Å². The van der Waals surface area contributed by atoms with Crippen LogP contribution >= 0.6 is 11.6 Å². The standard InChI is InChI=1S/C18H22ClFN4O2/c1-12(25)22-14-7-21-24(9-14)15-6-16(11-26-2)23(10-15)8-13-3-4-18(20)17(19)5-13/h3-5,7,9,15-16H,6,8,10-11H2,1-2H3,(H,22,25)/t15-,16-/m0/s1. The number of hydrogen-bond donors (Lipinski definition) is 1. The van der Waals surface area contributed by atoms with Gasteiger partial charge in [0.15, 0.2) is 0 Å². The van der Waals surface area contributed by atoms with Gasteiger partial charge >= 0.3 is 0 Å². The molecule has 2 heterocycles. The van der Waals surface area contributed by atoms with Crippen LogP contribution in [-0.4, -0.2) is 46.9 Å². The van der Waals surface area contributed by atoms with E-state index in [1.54, 1.807) is 25.4 Å². The lowest BCUT2D eigenvalue weighted by molar-refractivity contribution is -0.114. The SMILES string of the molecule is COC[C@@H]1C[C@H](n2cc(NC(C)=O)cn2)CN1Cc1ccc(F)c(Cl)c1. The van der Waals surface area contributed by atoms with Crippen molar-refractivity contribution in [3.63, 3.8) is 0 Å². The third kappa shape index (κ3) is 4.41. The van der Waals surface area contributed by atoms with E-state index in [0.29, 0.717) is 18.8 Å². The second kappa shape index (κ2) is 8.16. The number of carbonyl (C=O) groups is 1. The van der Waals surface area contributed by atoms with Crippen molar-refractivity contribution in [2.75, 3.05) is 25.6 Å². The molecule has 8 heteroatoms. The minimum atomic E-state index is -0.412. The highest BCUT2D eigenvalue weighted by Gasteiger charge is 2.33. The van der Waals surface area contributed by atoms with E-state index in [0.717, 1.165) is 18.5 Å². The number of amides is 1. The van der Waals surface area contributed by atoms with Crippen LogP contribution < -0.4 is 5.32 Å². The summed E-state index contributed by atoms with van der Waals surface area (Å²) in [4.78, 5) is 13.5. The van der Waals surface area contributed by atoms with E-state index in [2.05, 4.69) is 15.3 Å². The fraction of sp³-hybridized carbons (Fsp3) is 0.444. The Hall–Kier alpha value is -1.96. The Labute approximate surface area is 156 Å². The van der Waals surface area contributed by atoms with E-state index in [-0.39, 0.29) is 23.0 Å². The lowest BCUT2D eigenvalue weighted by atomic mass is 10.1. The van der Waals surface area contributed by atoms with Crippen LogP contribution in [0.5, 0.6) is 0 Å². The first-order valence-corrected chi connectivity index (χ1v) is 8.82. The Kier molecular flexibility index (Phi) is 5.90. The molecule has 1 aliphatic heterocycles. The molecule has 0 unspecified atom stereocenters. The Balaban J connectivity index is 1.72. The van der Waals surface area contributed by atoms with Crippen LogP contribution in [0.3, 0.4) is 0 Å². The summed E-state index contributed by atoms with van der Waals surface area (Å²) in [5, 5.41) is 7.25. The van der Waals surface area contributed by atoms with E-state index in [9.17, 15) is 9.18 Å². The summed E-state index contributed by atoms with van der Waals surface area (Å²) in [5.74, 6) is -0.534. The maximum absolute atomic E-state index is 13.4. The zero-order chi connectivity index (χ0) is 18.7. The van der Waals surface area contributed by atoms with Crippen molar-refractivity contribution >= 4 is 23.2 Å². The number of rotatable bonds is 6. The van der Waals surface area contributed by atoms with Gasteiger partial charge in [-0.25, -0.2) is 4.39 Å². The van der Waals surface area contributed by atoms with Crippen LogP contribution in [0.2, 0.25) is 5.02 Å². The number of nitrogens with one attached hydrogen (secondary N) is 1. The Morgan fingerprint density at radius 3 is 3.00 bits per heavy atom. The number of aromatic nitrogens is 2. The van der Waals surface area contributed by atoms with Crippen LogP contribution in [0.1, 0.15) is 24.9 Å². The highest BCUT2D eigenvalue weighted by atomic mass is 35.5. The number of anilines is 1. The highest BCUT2D eigenvalue weighted by Crippen LogP contribution is 2.30. The summed E-state index contributed by atoms with van der Waals surface area (Å²) in [6, 6.07) is 5.21. The number of likely N-dealkylation sites (tertiary alicyclic amines) is 1. The molecule has 1 N–H and O–H groups in total. The second-order valence-corrected chi connectivity index (χ2v) is 6.97. The van der Waals surface area contributed by atoms with Crippen LogP contribution in [0.15, 0.2) is 30.6 Å². The predicted molar refractivity (Wildman–Crippen MR) is 97.7 cm³/mol. The molecular formula is C18H22ClFN4O2. The van der Waals surface area contributed by atoms with Crippen LogP contribution in [-0.2, 0) is 16.1 Å². The van der Waals surface area contributed by atoms with E-state index >= 15 is 0 Å². The average Bonchev–Trinajstić information content (AvgIpc) is 3.18. The smallest absolute Gasteiger partial charge is 0.221 e. The average molecular weight is 381 g/mol. The van der Waals surface area contributed by atoms with E-state index in [1.807, 2.05) is 10.9 Å². The fourth-order valence-corrected chi connectivity index (χ4v) is 3.59. The van der Waals surface area contributed by atoms with Crippen LogP contribution in [0.4, 0.5) is 10.1 Å². The lowest BCUT2D eigenvalue weighted by Crippen LogP contribution is -2.32. The molecule has 0 spiro atoms. The second-order valence-electron chi connectivity index (χ2n) is 6.57. The van der Waals surface area contributed by atoms with Gasteiger partial charge in [-0.15, -0.1) is 0 Å². The Morgan fingerprint density at radius 1 is 1.50 bits per heavy atom. The molecule has 26 heavy (non-hydrogen) atoms. The van der Waals surface area contributed by atoms with Gasteiger partial charge < -0.3 is 10.1 Å². The summed E-state index contributed by atoms with van der Waals surface area (Å²) in [5.41, 5.74) is 1.64. The molecule has 3 rings (SSSR count). The van der Waals surface area contributed by atoms with Gasteiger partial charge in [-0.1, -0.05) is 17.7 Å². The first-order chi connectivity index (χ1) is 12.5. The van der Waals surface area contributed by atoms with E-state index in [4.69, 9.17) is 16.3 Å². The number of ether oxygens (including phenoxy) is 1.